The van der Waals surface area contributed by atoms with E-state index in [0.29, 0.717) is 0 Å². The van der Waals surface area contributed by atoms with Gasteiger partial charge in [-0.1, -0.05) is 200 Å². The van der Waals surface area contributed by atoms with Gasteiger partial charge >= 0.3 is 0 Å². The summed E-state index contributed by atoms with van der Waals surface area (Å²) in [5.41, 5.74) is 4.51. The molecule has 1 aliphatic heterocycles. The topological polar surface area (TPSA) is 33.4 Å². The van der Waals surface area contributed by atoms with Crippen LogP contribution in [0.25, 0.3) is 47.5 Å². The number of pyridine rings is 2. The Bertz CT molecular complexity index is 4010. The van der Waals surface area contributed by atoms with Crippen molar-refractivity contribution in [1.82, 2.24) is 14.4 Å². The molecule has 0 atom stereocenters. The van der Waals surface area contributed by atoms with Crippen molar-refractivity contribution in [3.05, 3.63) is 255 Å². The van der Waals surface area contributed by atoms with Gasteiger partial charge in [-0.3, -0.25) is 9.30 Å². The van der Waals surface area contributed by atoms with E-state index in [0.717, 1.165) is 22.4 Å². The van der Waals surface area contributed by atoms with Gasteiger partial charge in [0.25, 0.3) is 0 Å². The highest BCUT2D eigenvalue weighted by atomic mass is 32.1. The summed E-state index contributed by atoms with van der Waals surface area (Å²) >= 11 is 1.88. The van der Waals surface area contributed by atoms with Crippen LogP contribution in [-0.2, 0) is 0 Å². The molecule has 0 spiro atoms. The Morgan fingerprint density at radius 1 is 0.420 bits per heavy atom. The summed E-state index contributed by atoms with van der Waals surface area (Å²) in [5, 5.41) is 16.8. The molecule has 14 rings (SSSR count). The van der Waals surface area contributed by atoms with Crippen LogP contribution in [0.4, 0.5) is 17.2 Å². The number of para-hydroxylation sites is 1. The van der Waals surface area contributed by atoms with Crippen LogP contribution in [0.1, 0.15) is 0 Å². The van der Waals surface area contributed by atoms with Crippen molar-refractivity contribution in [1.29, 1.82) is 0 Å². The summed E-state index contributed by atoms with van der Waals surface area (Å²) < 4.78 is 4.80. The number of hydrogen-bond acceptors (Lipinski definition) is 4. The zero-order chi connectivity index (χ0) is 45.5. The minimum Gasteiger partial charge on any atom is -0.299 e. The summed E-state index contributed by atoms with van der Waals surface area (Å²) in [4.78, 5) is 12.8. The lowest BCUT2D eigenvalue weighted by Crippen LogP contribution is -2.78. The zero-order valence-electron chi connectivity index (χ0n) is 37.4. The van der Waals surface area contributed by atoms with E-state index in [1.807, 2.05) is 29.8 Å². The van der Waals surface area contributed by atoms with Crippen LogP contribution in [0.2, 0.25) is 0 Å². The average molecular weight is 931 g/mol. The number of fused-ring (bicyclic) bond motifs is 12. The number of nitrogens with zero attached hydrogens (tertiary/aromatic N) is 4. The Hall–Kier alpha value is -8.21. The molecule has 1 aliphatic rings. The van der Waals surface area contributed by atoms with Gasteiger partial charge in [0.1, 0.15) is 11.5 Å². The fraction of sp³-hybridized carbons (Fsp3) is 0. The van der Waals surface area contributed by atoms with E-state index >= 15 is 0 Å². The molecule has 0 fully saturated rings. The van der Waals surface area contributed by atoms with Gasteiger partial charge in [0.2, 0.25) is 0 Å². The van der Waals surface area contributed by atoms with E-state index in [-0.39, 0.29) is 0 Å². The highest BCUT2D eigenvalue weighted by Gasteiger charge is 2.51. The molecule has 69 heavy (non-hydrogen) atoms. The summed E-state index contributed by atoms with van der Waals surface area (Å²) in [6.07, 6.45) is 5.98. The number of aromatic nitrogens is 3. The summed E-state index contributed by atoms with van der Waals surface area (Å²) in [5.74, 6) is 0.898. The van der Waals surface area contributed by atoms with Crippen molar-refractivity contribution in [2.24, 2.45) is 0 Å². The molecule has 324 valence electrons. The number of anilines is 3. The largest absolute Gasteiger partial charge is 0.299 e. The smallest absolute Gasteiger partial charge is 0.184 e. The van der Waals surface area contributed by atoms with Crippen LogP contribution in [0.15, 0.2) is 255 Å². The van der Waals surface area contributed by atoms with Gasteiger partial charge in [0.15, 0.2) is 16.1 Å². The first kappa shape index (κ1) is 39.9. The number of thiophene rings is 1. The van der Waals surface area contributed by atoms with E-state index in [1.165, 1.54) is 83.8 Å². The highest BCUT2D eigenvalue weighted by Crippen LogP contribution is 2.46. The first-order valence-electron chi connectivity index (χ1n) is 23.6. The molecule has 7 heteroatoms. The van der Waals surface area contributed by atoms with E-state index in [2.05, 4.69) is 246 Å². The number of hydrogen-bond donors (Lipinski definition) is 0. The van der Waals surface area contributed by atoms with Crippen molar-refractivity contribution in [2.45, 2.75) is 0 Å². The monoisotopic (exact) mass is 930 g/mol. The Morgan fingerprint density at radius 2 is 1.03 bits per heavy atom. The second kappa shape index (κ2) is 15.7. The SMILES string of the molecule is c1ccc([Si](c2ccccc2)(c2ccc3c(c2)N(c2ccccn2)c2c(ccc4sc5ccccc5c24)[Si]3(c2ccccc2)c2ccccc2)c2ccc3c4ccccc4n4ccnc4c3c2)cc1. The van der Waals surface area contributed by atoms with E-state index in [4.69, 9.17) is 9.97 Å². The maximum absolute atomic E-state index is 5.26. The molecular weight excluding hydrogens is 889 g/mol. The number of imidazole rings is 1. The molecule has 0 radical (unpaired) electrons. The molecule has 0 unspecified atom stereocenters. The maximum Gasteiger partial charge on any atom is 0.184 e. The zero-order valence-corrected chi connectivity index (χ0v) is 40.3. The van der Waals surface area contributed by atoms with Crippen molar-refractivity contribution < 1.29 is 0 Å². The van der Waals surface area contributed by atoms with Crippen molar-refractivity contribution in [3.63, 3.8) is 0 Å². The third-order valence-corrected chi connectivity index (χ3v) is 25.4. The predicted molar refractivity (Wildman–Crippen MR) is 296 cm³/mol. The van der Waals surface area contributed by atoms with E-state index in [9.17, 15) is 0 Å². The van der Waals surface area contributed by atoms with Gasteiger partial charge in [-0.05, 0) is 83.3 Å². The summed E-state index contributed by atoms with van der Waals surface area (Å²) in [6.45, 7) is 0. The highest BCUT2D eigenvalue weighted by molar-refractivity contribution is 7.26. The lowest BCUT2D eigenvalue weighted by Gasteiger charge is -2.46. The molecule has 9 aromatic carbocycles. The molecule has 4 nitrogen and oxygen atoms in total. The molecule has 0 bridgehead atoms. The second-order valence-corrected chi connectivity index (χ2v) is 26.7. The van der Waals surface area contributed by atoms with Gasteiger partial charge in [-0.15, -0.1) is 11.3 Å². The van der Waals surface area contributed by atoms with Gasteiger partial charge in [0, 0.05) is 55.2 Å². The first-order chi connectivity index (χ1) is 34.2. The molecule has 0 amide bonds. The van der Waals surface area contributed by atoms with E-state index in [1.54, 1.807) is 0 Å². The molecule has 0 N–H and O–H groups in total. The fourth-order valence-electron chi connectivity index (χ4n) is 11.9. The Morgan fingerprint density at radius 3 is 1.74 bits per heavy atom. The van der Waals surface area contributed by atoms with Gasteiger partial charge in [-0.2, -0.15) is 0 Å². The summed E-state index contributed by atoms with van der Waals surface area (Å²) in [7, 11) is -6.28. The minimum absolute atomic E-state index is 0.898. The Balaban J connectivity index is 1.17. The molecule has 0 saturated heterocycles. The first-order valence-corrected chi connectivity index (χ1v) is 28.4. The van der Waals surface area contributed by atoms with Crippen molar-refractivity contribution in [2.75, 3.05) is 4.90 Å². The molecule has 0 saturated carbocycles. The number of rotatable bonds is 7. The lowest BCUT2D eigenvalue weighted by atomic mass is 10.1. The van der Waals surface area contributed by atoms with Crippen LogP contribution in [0.5, 0.6) is 0 Å². The Labute approximate surface area is 405 Å². The summed E-state index contributed by atoms with van der Waals surface area (Å²) in [6, 6.07) is 89.2. The average Bonchev–Trinajstić information content (AvgIpc) is 4.08. The van der Waals surface area contributed by atoms with Crippen molar-refractivity contribution >= 4 is 134 Å². The normalized spacial score (nSPS) is 13.3. The van der Waals surface area contributed by atoms with Crippen molar-refractivity contribution in [3.8, 4) is 0 Å². The van der Waals surface area contributed by atoms with Crippen LogP contribution in [0, 0.1) is 0 Å². The molecule has 0 aliphatic carbocycles. The molecule has 4 aromatic heterocycles. The molecule has 5 heterocycles. The van der Waals surface area contributed by atoms with Gasteiger partial charge < -0.3 is 0 Å². The van der Waals surface area contributed by atoms with Gasteiger partial charge in [0.05, 0.1) is 11.2 Å². The van der Waals surface area contributed by atoms with Gasteiger partial charge in [-0.25, -0.2) is 9.97 Å². The number of benzene rings is 9. The molecule has 13 aromatic rings. The quantitative estimate of drug-likeness (QED) is 0.0908. The Kier molecular flexibility index (Phi) is 9.07. The second-order valence-electron chi connectivity index (χ2n) is 18.1. The predicted octanol–water partition coefficient (Wildman–Crippen LogP) is 9.94. The van der Waals surface area contributed by atoms with Crippen LogP contribution in [-0.4, -0.2) is 30.5 Å². The lowest BCUT2D eigenvalue weighted by molar-refractivity contribution is 1.19. The third kappa shape index (κ3) is 5.72. The fourth-order valence-corrected chi connectivity index (χ4v) is 22.9. The van der Waals surface area contributed by atoms with Crippen LogP contribution < -0.4 is 46.4 Å². The van der Waals surface area contributed by atoms with Crippen LogP contribution >= 0.6 is 11.3 Å². The molecular formula is C62H42N4SSi2. The van der Waals surface area contributed by atoms with Crippen LogP contribution in [0.3, 0.4) is 0 Å². The minimum atomic E-state index is -3.19. The third-order valence-electron chi connectivity index (χ3n) is 14.7. The van der Waals surface area contributed by atoms with E-state index < -0.39 is 16.1 Å². The maximum atomic E-state index is 5.26. The standard InChI is InChI=1S/C62H42N4SSi2/c1-5-19-43(20-6-1)68(44-21-7-2-8-22-44,47-32-34-49-50-27-13-15-29-53(50)65-40-39-64-62(65)52(49)41-47)48-33-36-57-54(42-48)66(59-31-17-18-38-63-59)61-58(37-35-56-60(61)51-28-14-16-30-55(51)67-56)69(57,45-23-9-3-10-24-45)46-25-11-4-12-26-46/h1-42H.